The molecule has 0 fully saturated rings. The number of guanidine groups is 1. The summed E-state index contributed by atoms with van der Waals surface area (Å²) in [7, 11) is -3.37. The van der Waals surface area contributed by atoms with Gasteiger partial charge in [0.25, 0.3) is 10.0 Å². The first-order chi connectivity index (χ1) is 13.5. The fraction of sp³-hybridized carbons (Fsp3) is 0.526. The minimum absolute atomic E-state index is 0.419. The van der Waals surface area contributed by atoms with Gasteiger partial charge in [0.2, 0.25) is 0 Å². The van der Waals surface area contributed by atoms with Crippen LogP contribution in [0.25, 0.3) is 0 Å². The first-order valence-corrected chi connectivity index (χ1v) is 12.8. The van der Waals surface area contributed by atoms with Gasteiger partial charge in [-0.25, -0.2) is 8.42 Å². The van der Waals surface area contributed by atoms with E-state index in [0.717, 1.165) is 36.8 Å². The van der Waals surface area contributed by atoms with E-state index in [2.05, 4.69) is 33.1 Å². The zero-order valence-electron chi connectivity index (χ0n) is 16.8. The number of hydrogen-bond acceptors (Lipinski definition) is 5. The topological polar surface area (TPSA) is 73.8 Å². The molecule has 0 aliphatic carbocycles. The van der Waals surface area contributed by atoms with Gasteiger partial charge in [-0.3, -0.25) is 4.99 Å². The highest BCUT2D eigenvalue weighted by molar-refractivity contribution is 7.91. The van der Waals surface area contributed by atoms with Crippen molar-refractivity contribution in [2.24, 2.45) is 4.99 Å². The number of aliphatic imine (C=N–C) groups is 1. The first-order valence-electron chi connectivity index (χ1n) is 9.64. The standard InChI is InChI=1S/C19H30N4O2S3/c1-4-20-19(21-13-11-16-8-7-15-26-16)22-14-12-17-9-10-18(27-17)28(24,25)23(5-2)6-3/h7-10,15H,4-6,11-14H2,1-3H3,(H2,20,21,22). The molecule has 6 nitrogen and oxygen atoms in total. The van der Waals surface area contributed by atoms with Crippen LogP contribution in [0.3, 0.4) is 0 Å². The zero-order valence-corrected chi connectivity index (χ0v) is 19.2. The molecular formula is C19H30N4O2S3. The molecule has 28 heavy (non-hydrogen) atoms. The Morgan fingerprint density at radius 1 is 1.07 bits per heavy atom. The summed E-state index contributed by atoms with van der Waals surface area (Å²) in [4.78, 5) is 6.99. The second-order valence-electron chi connectivity index (χ2n) is 6.08. The van der Waals surface area contributed by atoms with Crippen LogP contribution < -0.4 is 10.6 Å². The predicted octanol–water partition coefficient (Wildman–Crippen LogP) is 3.18. The Balaban J connectivity index is 1.87. The van der Waals surface area contributed by atoms with Gasteiger partial charge in [0, 0.05) is 48.9 Å². The van der Waals surface area contributed by atoms with Crippen LogP contribution in [-0.2, 0) is 22.9 Å². The van der Waals surface area contributed by atoms with Crippen LogP contribution in [0.5, 0.6) is 0 Å². The minimum Gasteiger partial charge on any atom is -0.357 e. The maximum Gasteiger partial charge on any atom is 0.252 e. The van der Waals surface area contributed by atoms with Crippen LogP contribution in [0.4, 0.5) is 0 Å². The average molecular weight is 443 g/mol. The Hall–Kier alpha value is -1.42. The second-order valence-corrected chi connectivity index (χ2v) is 10.4. The Labute approximate surface area is 176 Å². The lowest BCUT2D eigenvalue weighted by molar-refractivity contribution is 0.447. The van der Waals surface area contributed by atoms with E-state index in [0.29, 0.717) is 23.8 Å². The third kappa shape index (κ3) is 6.58. The molecule has 2 N–H and O–H groups in total. The summed E-state index contributed by atoms with van der Waals surface area (Å²) in [5.41, 5.74) is 0. The molecular weight excluding hydrogens is 412 g/mol. The van der Waals surface area contributed by atoms with Crippen LogP contribution in [-0.4, -0.2) is 51.4 Å². The summed E-state index contributed by atoms with van der Waals surface area (Å²) in [6.45, 7) is 8.98. The lowest BCUT2D eigenvalue weighted by Crippen LogP contribution is -2.38. The van der Waals surface area contributed by atoms with Crippen LogP contribution in [0, 0.1) is 0 Å². The van der Waals surface area contributed by atoms with Gasteiger partial charge in [-0.15, -0.1) is 22.7 Å². The fourth-order valence-electron chi connectivity index (χ4n) is 2.70. The Bertz CT molecular complexity index is 825. The lowest BCUT2D eigenvalue weighted by atomic mass is 10.3. The molecule has 2 aromatic rings. The quantitative estimate of drug-likeness (QED) is 0.414. The molecule has 0 atom stereocenters. The SMILES string of the molecule is CCNC(=NCCc1cccs1)NCCc1ccc(S(=O)(=O)N(CC)CC)s1. The van der Waals surface area contributed by atoms with E-state index < -0.39 is 10.0 Å². The molecule has 0 amide bonds. The van der Waals surface area contributed by atoms with Crippen LogP contribution in [0.2, 0.25) is 0 Å². The molecule has 156 valence electrons. The van der Waals surface area contributed by atoms with Crippen molar-refractivity contribution in [2.75, 3.05) is 32.7 Å². The molecule has 0 aliphatic rings. The molecule has 0 spiro atoms. The van der Waals surface area contributed by atoms with Crippen molar-refractivity contribution < 1.29 is 8.42 Å². The van der Waals surface area contributed by atoms with E-state index in [1.807, 2.05) is 26.8 Å². The Morgan fingerprint density at radius 2 is 1.86 bits per heavy atom. The van der Waals surface area contributed by atoms with E-state index in [4.69, 9.17) is 0 Å². The zero-order chi connectivity index (χ0) is 20.4. The predicted molar refractivity (Wildman–Crippen MR) is 120 cm³/mol. The highest BCUT2D eigenvalue weighted by atomic mass is 32.2. The highest BCUT2D eigenvalue weighted by Crippen LogP contribution is 2.25. The molecule has 0 aromatic carbocycles. The molecule has 0 saturated carbocycles. The van der Waals surface area contributed by atoms with Crippen LogP contribution in [0.15, 0.2) is 38.8 Å². The minimum atomic E-state index is -3.37. The highest BCUT2D eigenvalue weighted by Gasteiger charge is 2.23. The fourth-order valence-corrected chi connectivity index (χ4v) is 6.37. The summed E-state index contributed by atoms with van der Waals surface area (Å²) in [6.07, 6.45) is 1.69. The molecule has 2 heterocycles. The number of thiophene rings is 2. The van der Waals surface area contributed by atoms with Crippen LogP contribution in [0.1, 0.15) is 30.5 Å². The third-order valence-electron chi connectivity index (χ3n) is 4.15. The van der Waals surface area contributed by atoms with Gasteiger partial charge in [0.15, 0.2) is 5.96 Å². The largest absolute Gasteiger partial charge is 0.357 e. The molecule has 0 bridgehead atoms. The summed E-state index contributed by atoms with van der Waals surface area (Å²) in [6, 6.07) is 7.81. The molecule has 0 unspecified atom stereocenters. The van der Waals surface area contributed by atoms with Gasteiger partial charge in [-0.1, -0.05) is 19.9 Å². The van der Waals surface area contributed by atoms with Crippen molar-refractivity contribution >= 4 is 38.7 Å². The van der Waals surface area contributed by atoms with Gasteiger partial charge in [-0.2, -0.15) is 4.31 Å². The van der Waals surface area contributed by atoms with E-state index in [1.54, 1.807) is 17.4 Å². The average Bonchev–Trinajstić information content (AvgIpc) is 3.35. The van der Waals surface area contributed by atoms with Gasteiger partial charge in [-0.05, 0) is 36.9 Å². The summed E-state index contributed by atoms with van der Waals surface area (Å²) in [5, 5.41) is 8.66. The normalized spacial score (nSPS) is 12.5. The number of sulfonamides is 1. The third-order valence-corrected chi connectivity index (χ3v) is 8.75. The Morgan fingerprint density at radius 3 is 2.50 bits per heavy atom. The van der Waals surface area contributed by atoms with E-state index in [9.17, 15) is 8.42 Å². The van der Waals surface area contributed by atoms with E-state index in [1.165, 1.54) is 20.5 Å². The number of nitrogens with one attached hydrogen (secondary N) is 2. The van der Waals surface area contributed by atoms with E-state index in [-0.39, 0.29) is 0 Å². The van der Waals surface area contributed by atoms with E-state index >= 15 is 0 Å². The van der Waals surface area contributed by atoms with Crippen molar-refractivity contribution in [1.29, 1.82) is 0 Å². The Kier molecular flexibility index (Phi) is 9.43. The molecule has 2 rings (SSSR count). The van der Waals surface area contributed by atoms with Gasteiger partial charge in [0.05, 0.1) is 0 Å². The van der Waals surface area contributed by atoms with Crippen molar-refractivity contribution in [3.63, 3.8) is 0 Å². The van der Waals surface area contributed by atoms with Crippen LogP contribution >= 0.6 is 22.7 Å². The molecule has 9 heteroatoms. The molecule has 0 saturated heterocycles. The number of rotatable bonds is 11. The summed E-state index contributed by atoms with van der Waals surface area (Å²) in [5.74, 6) is 0.798. The van der Waals surface area contributed by atoms with Crippen molar-refractivity contribution in [3.05, 3.63) is 39.4 Å². The molecule has 0 aliphatic heterocycles. The summed E-state index contributed by atoms with van der Waals surface area (Å²) >= 11 is 3.10. The first kappa shape index (κ1) is 22.9. The van der Waals surface area contributed by atoms with Crippen molar-refractivity contribution in [3.8, 4) is 0 Å². The maximum atomic E-state index is 12.6. The van der Waals surface area contributed by atoms with Gasteiger partial charge < -0.3 is 10.6 Å². The lowest BCUT2D eigenvalue weighted by Gasteiger charge is -2.16. The van der Waals surface area contributed by atoms with Crippen molar-refractivity contribution in [2.45, 2.75) is 37.8 Å². The second kappa shape index (κ2) is 11.5. The monoisotopic (exact) mass is 442 g/mol. The smallest absolute Gasteiger partial charge is 0.252 e. The molecule has 2 aromatic heterocycles. The maximum absolute atomic E-state index is 12.6. The van der Waals surface area contributed by atoms with Crippen molar-refractivity contribution in [1.82, 2.24) is 14.9 Å². The number of nitrogens with zero attached hydrogens (tertiary/aromatic N) is 2. The van der Waals surface area contributed by atoms with Gasteiger partial charge in [0.1, 0.15) is 4.21 Å². The molecule has 0 radical (unpaired) electrons. The van der Waals surface area contributed by atoms with Gasteiger partial charge >= 0.3 is 0 Å². The number of hydrogen-bond donors (Lipinski definition) is 2. The summed E-state index contributed by atoms with van der Waals surface area (Å²) < 4.78 is 27.1.